The molecule has 0 radical (unpaired) electrons. The van der Waals surface area contributed by atoms with Crippen molar-refractivity contribution in [3.8, 4) is 22.6 Å². The van der Waals surface area contributed by atoms with Crippen molar-refractivity contribution < 1.29 is 36.9 Å². The highest BCUT2D eigenvalue weighted by Gasteiger charge is 2.44. The molecule has 9 heteroatoms. The number of rotatable bonds is 4. The second-order valence-electron chi connectivity index (χ2n) is 7.12. The van der Waals surface area contributed by atoms with Gasteiger partial charge in [-0.2, -0.15) is 0 Å². The van der Waals surface area contributed by atoms with Gasteiger partial charge in [0.25, 0.3) is 0 Å². The summed E-state index contributed by atoms with van der Waals surface area (Å²) in [6, 6.07) is 6.25. The van der Waals surface area contributed by atoms with E-state index >= 15 is 0 Å². The molecule has 0 spiro atoms. The molecule has 2 aromatic carbocycles. The largest absolute Gasteiger partial charge is 0.586 e. The molecule has 0 unspecified atom stereocenters. The molecule has 2 aromatic rings. The predicted molar refractivity (Wildman–Crippen MR) is 95.2 cm³/mol. The highest BCUT2D eigenvalue weighted by molar-refractivity contribution is 5.76. The third-order valence-electron chi connectivity index (χ3n) is 5.15. The maximum absolute atomic E-state index is 14.8. The van der Waals surface area contributed by atoms with Crippen LogP contribution in [-0.2, 0) is 4.79 Å². The first-order valence-corrected chi connectivity index (χ1v) is 9.08. The third-order valence-corrected chi connectivity index (χ3v) is 5.15. The lowest BCUT2D eigenvalue weighted by molar-refractivity contribution is -0.286. The zero-order valence-corrected chi connectivity index (χ0v) is 15.1. The Balaban J connectivity index is 1.60. The van der Waals surface area contributed by atoms with Gasteiger partial charge in [-0.1, -0.05) is 12.1 Å². The van der Waals surface area contributed by atoms with Crippen LogP contribution in [0.4, 0.5) is 23.2 Å². The quantitative estimate of drug-likeness (QED) is 0.743. The van der Waals surface area contributed by atoms with Crippen molar-refractivity contribution in [1.29, 1.82) is 0 Å². The molecule has 0 bridgehead atoms. The zero-order valence-electron chi connectivity index (χ0n) is 15.1. The van der Waals surface area contributed by atoms with Crippen LogP contribution in [-0.4, -0.2) is 30.5 Å². The summed E-state index contributed by atoms with van der Waals surface area (Å²) in [5.74, 6) is -3.08. The van der Waals surface area contributed by atoms with Gasteiger partial charge < -0.3 is 19.5 Å². The maximum Gasteiger partial charge on any atom is 0.586 e. The van der Waals surface area contributed by atoms with Gasteiger partial charge in [0, 0.05) is 25.1 Å². The number of fused-ring (bicyclic) bond motifs is 1. The SMILES string of the molecule is O=C(O)CC1CCN(c2c(F)cc(-c3cccc4c3OC(F)(F)O4)cc2F)CC1. The lowest BCUT2D eigenvalue weighted by Gasteiger charge is -2.33. The molecule has 1 fully saturated rings. The number of carboxylic acid groups (broad SMARTS) is 1. The maximum atomic E-state index is 14.8. The van der Waals surface area contributed by atoms with Crippen LogP contribution in [0.25, 0.3) is 11.1 Å². The standard InChI is InChI=1S/C20H17F4NO4/c21-14-9-12(13-2-1-3-16-19(13)29-20(23,24)28-16)10-15(22)18(14)25-6-4-11(5-7-25)8-17(26)27/h1-3,9-11H,4-8H2,(H,26,27). The van der Waals surface area contributed by atoms with Crippen LogP contribution in [0.3, 0.4) is 0 Å². The van der Waals surface area contributed by atoms with E-state index in [1.165, 1.54) is 23.1 Å². The summed E-state index contributed by atoms with van der Waals surface area (Å²) in [6.07, 6.45) is -2.78. The lowest BCUT2D eigenvalue weighted by Crippen LogP contribution is -2.35. The van der Waals surface area contributed by atoms with Crippen molar-refractivity contribution in [3.05, 3.63) is 42.0 Å². The Labute approximate surface area is 163 Å². The average Bonchev–Trinajstić information content (AvgIpc) is 2.95. The molecule has 29 heavy (non-hydrogen) atoms. The van der Waals surface area contributed by atoms with Crippen LogP contribution in [0.1, 0.15) is 19.3 Å². The Morgan fingerprint density at radius 1 is 1.14 bits per heavy atom. The molecule has 154 valence electrons. The van der Waals surface area contributed by atoms with E-state index in [1.54, 1.807) is 0 Å². The number of alkyl halides is 2. The Morgan fingerprint density at radius 3 is 2.41 bits per heavy atom. The summed E-state index contributed by atoms with van der Waals surface area (Å²) >= 11 is 0. The Morgan fingerprint density at radius 2 is 1.79 bits per heavy atom. The number of carbonyl (C=O) groups is 1. The summed E-state index contributed by atoms with van der Waals surface area (Å²) in [5.41, 5.74) is -0.0792. The van der Waals surface area contributed by atoms with Gasteiger partial charge in [0.2, 0.25) is 0 Å². The first-order chi connectivity index (χ1) is 13.7. The van der Waals surface area contributed by atoms with Crippen molar-refractivity contribution in [2.75, 3.05) is 18.0 Å². The van der Waals surface area contributed by atoms with E-state index in [1.807, 2.05) is 0 Å². The molecule has 0 aliphatic carbocycles. The molecule has 1 saturated heterocycles. The van der Waals surface area contributed by atoms with Gasteiger partial charge in [-0.15, -0.1) is 8.78 Å². The fourth-order valence-corrected chi connectivity index (χ4v) is 3.83. The van der Waals surface area contributed by atoms with Crippen LogP contribution < -0.4 is 14.4 Å². The molecular weight excluding hydrogens is 394 g/mol. The lowest BCUT2D eigenvalue weighted by atomic mass is 9.93. The minimum atomic E-state index is -3.84. The summed E-state index contributed by atoms with van der Waals surface area (Å²) in [5, 5.41) is 8.88. The number of para-hydroxylation sites is 1. The fraction of sp³-hybridized carbons (Fsp3) is 0.350. The molecule has 0 atom stereocenters. The van der Waals surface area contributed by atoms with Crippen molar-refractivity contribution in [1.82, 2.24) is 0 Å². The minimum Gasteiger partial charge on any atom is -0.481 e. The van der Waals surface area contributed by atoms with E-state index in [-0.39, 0.29) is 40.7 Å². The Bertz CT molecular complexity index is 934. The number of piperidine rings is 1. The van der Waals surface area contributed by atoms with Crippen molar-refractivity contribution in [3.63, 3.8) is 0 Å². The van der Waals surface area contributed by atoms with Crippen molar-refractivity contribution in [2.45, 2.75) is 25.6 Å². The number of halogens is 4. The van der Waals surface area contributed by atoms with E-state index in [2.05, 4.69) is 9.47 Å². The summed E-state index contributed by atoms with van der Waals surface area (Å²) in [4.78, 5) is 12.4. The molecule has 2 aliphatic heterocycles. The van der Waals surface area contributed by atoms with Crippen molar-refractivity contribution >= 4 is 11.7 Å². The number of aliphatic carboxylic acids is 1. The highest BCUT2D eigenvalue weighted by Crippen LogP contribution is 2.47. The van der Waals surface area contributed by atoms with Crippen LogP contribution in [0.5, 0.6) is 11.5 Å². The monoisotopic (exact) mass is 411 g/mol. The normalized spacial score (nSPS) is 18.1. The van der Waals surface area contributed by atoms with Gasteiger partial charge in [-0.05, 0) is 42.5 Å². The number of ether oxygens (including phenoxy) is 2. The average molecular weight is 411 g/mol. The summed E-state index contributed by atoms with van der Waals surface area (Å²) < 4.78 is 65.2. The van der Waals surface area contributed by atoms with Crippen LogP contribution in [0.15, 0.2) is 30.3 Å². The molecule has 4 rings (SSSR count). The molecule has 2 aliphatic rings. The summed E-state index contributed by atoms with van der Waals surface area (Å²) in [7, 11) is 0. The van der Waals surface area contributed by atoms with E-state index in [4.69, 9.17) is 5.11 Å². The fourth-order valence-electron chi connectivity index (χ4n) is 3.83. The van der Waals surface area contributed by atoms with Gasteiger partial charge in [-0.3, -0.25) is 4.79 Å². The van der Waals surface area contributed by atoms with Gasteiger partial charge in [-0.25, -0.2) is 8.78 Å². The van der Waals surface area contributed by atoms with Crippen LogP contribution >= 0.6 is 0 Å². The molecule has 0 saturated carbocycles. The number of hydrogen-bond donors (Lipinski definition) is 1. The Hall–Kier alpha value is -2.97. The molecule has 2 heterocycles. The molecule has 0 aromatic heterocycles. The van der Waals surface area contributed by atoms with E-state index in [0.717, 1.165) is 12.1 Å². The highest BCUT2D eigenvalue weighted by atomic mass is 19.3. The molecule has 1 N–H and O–H groups in total. The van der Waals surface area contributed by atoms with Gasteiger partial charge in [0.15, 0.2) is 11.5 Å². The second kappa shape index (κ2) is 7.13. The van der Waals surface area contributed by atoms with Gasteiger partial charge in [0.05, 0.1) is 0 Å². The van der Waals surface area contributed by atoms with E-state index in [0.29, 0.717) is 25.9 Å². The van der Waals surface area contributed by atoms with E-state index < -0.39 is 23.9 Å². The molecule has 5 nitrogen and oxygen atoms in total. The van der Waals surface area contributed by atoms with Crippen molar-refractivity contribution in [2.24, 2.45) is 5.92 Å². The predicted octanol–water partition coefficient (Wildman–Crippen LogP) is 4.64. The molecular formula is C20H17F4NO4. The van der Waals surface area contributed by atoms with Gasteiger partial charge in [0.1, 0.15) is 17.3 Å². The summed E-state index contributed by atoms with van der Waals surface area (Å²) in [6.45, 7) is 0.657. The second-order valence-corrected chi connectivity index (χ2v) is 7.12. The van der Waals surface area contributed by atoms with Crippen LogP contribution in [0, 0.1) is 17.6 Å². The number of anilines is 1. The van der Waals surface area contributed by atoms with E-state index in [9.17, 15) is 22.4 Å². The first-order valence-electron chi connectivity index (χ1n) is 9.08. The first kappa shape index (κ1) is 19.4. The smallest absolute Gasteiger partial charge is 0.481 e. The number of carboxylic acids is 1. The molecule has 0 amide bonds. The Kier molecular flexibility index (Phi) is 4.76. The number of hydrogen-bond acceptors (Lipinski definition) is 4. The topological polar surface area (TPSA) is 59.0 Å². The zero-order chi connectivity index (χ0) is 20.8. The number of nitrogens with zero attached hydrogens (tertiary/aromatic N) is 1. The van der Waals surface area contributed by atoms with Crippen LogP contribution in [0.2, 0.25) is 0 Å². The third kappa shape index (κ3) is 3.81. The van der Waals surface area contributed by atoms with Gasteiger partial charge >= 0.3 is 12.3 Å². The number of benzene rings is 2. The minimum absolute atomic E-state index is 0.0279.